The number of benzene rings is 2. The zero-order valence-electron chi connectivity index (χ0n) is 12.9. The summed E-state index contributed by atoms with van der Waals surface area (Å²) in [6.45, 7) is 1.67. The average molecular weight is 343 g/mol. The maximum absolute atomic E-state index is 5.36. The lowest BCUT2D eigenvalue weighted by Gasteiger charge is -2.18. The minimum absolute atomic E-state index is 0. The highest BCUT2D eigenvalue weighted by atomic mass is 35.5. The lowest BCUT2D eigenvalue weighted by Crippen LogP contribution is -2.29. The topological polar surface area (TPSA) is 33.3 Å². The number of hydrogen-bond donors (Lipinski definition) is 2. The third kappa shape index (κ3) is 5.85. The van der Waals surface area contributed by atoms with E-state index < -0.39 is 0 Å². The van der Waals surface area contributed by atoms with Gasteiger partial charge in [0, 0.05) is 24.7 Å². The molecule has 2 aromatic rings. The Morgan fingerprint density at radius 1 is 0.955 bits per heavy atom. The smallest absolute Gasteiger partial charge is 0.123 e. The van der Waals surface area contributed by atoms with Crippen molar-refractivity contribution < 1.29 is 4.74 Å². The first kappa shape index (κ1) is 20.7. The van der Waals surface area contributed by atoms with Gasteiger partial charge in [0.1, 0.15) is 5.75 Å². The molecule has 0 amide bonds. The summed E-state index contributed by atoms with van der Waals surface area (Å²) in [5, 5.41) is 6.82. The molecular weight excluding hydrogens is 319 g/mol. The summed E-state index contributed by atoms with van der Waals surface area (Å²) in [4.78, 5) is 0. The highest BCUT2D eigenvalue weighted by molar-refractivity contribution is 5.85. The van der Waals surface area contributed by atoms with Gasteiger partial charge in [-0.25, -0.2) is 0 Å². The second-order valence-corrected chi connectivity index (χ2v) is 4.69. The van der Waals surface area contributed by atoms with E-state index in [2.05, 4.69) is 41.0 Å². The average Bonchev–Trinajstić information content (AvgIpc) is 2.53. The van der Waals surface area contributed by atoms with Crippen LogP contribution in [0.25, 0.3) is 0 Å². The molecule has 0 fully saturated rings. The number of nitrogens with one attached hydrogen (secondary N) is 2. The van der Waals surface area contributed by atoms with E-state index in [1.807, 2.05) is 31.3 Å². The van der Waals surface area contributed by atoms with Gasteiger partial charge >= 0.3 is 0 Å². The monoisotopic (exact) mass is 342 g/mol. The summed E-state index contributed by atoms with van der Waals surface area (Å²) in [7, 11) is 3.70. The SMILES string of the molecule is CNC(CNCc1ccccc1OC)c1ccccc1.Cl.Cl. The summed E-state index contributed by atoms with van der Waals surface area (Å²) in [6, 6.07) is 18.9. The van der Waals surface area contributed by atoms with Gasteiger partial charge in [-0.3, -0.25) is 0 Å². The third-order valence-electron chi connectivity index (χ3n) is 3.41. The van der Waals surface area contributed by atoms with E-state index in [4.69, 9.17) is 4.74 Å². The van der Waals surface area contributed by atoms with E-state index in [9.17, 15) is 0 Å². The fraction of sp³-hybridized carbons (Fsp3) is 0.294. The van der Waals surface area contributed by atoms with Crippen LogP contribution in [0.1, 0.15) is 17.2 Å². The first-order chi connectivity index (χ1) is 9.85. The Hall–Kier alpha value is -1.26. The molecule has 1 unspecified atom stereocenters. The van der Waals surface area contributed by atoms with Gasteiger partial charge in [-0.2, -0.15) is 0 Å². The van der Waals surface area contributed by atoms with E-state index in [0.29, 0.717) is 6.04 Å². The molecule has 0 saturated heterocycles. The lowest BCUT2D eigenvalue weighted by atomic mass is 10.1. The summed E-state index contributed by atoms with van der Waals surface area (Å²) >= 11 is 0. The molecule has 22 heavy (non-hydrogen) atoms. The quantitative estimate of drug-likeness (QED) is 0.806. The van der Waals surface area contributed by atoms with Crippen molar-refractivity contribution in [2.45, 2.75) is 12.6 Å². The standard InChI is InChI=1S/C17H22N2O.2ClH/c1-18-16(14-8-4-3-5-9-14)13-19-12-15-10-6-7-11-17(15)20-2;;/h3-11,16,18-19H,12-13H2,1-2H3;2*1H. The molecule has 1 atom stereocenters. The van der Waals surface area contributed by atoms with Crippen LogP contribution in [0.4, 0.5) is 0 Å². The first-order valence-corrected chi connectivity index (χ1v) is 6.90. The van der Waals surface area contributed by atoms with Crippen molar-refractivity contribution in [3.8, 4) is 5.75 Å². The summed E-state index contributed by atoms with van der Waals surface area (Å²) in [5.41, 5.74) is 2.47. The Morgan fingerprint density at radius 3 is 2.23 bits per heavy atom. The van der Waals surface area contributed by atoms with Crippen molar-refractivity contribution in [2.24, 2.45) is 0 Å². The Balaban J connectivity index is 0.00000220. The van der Waals surface area contributed by atoms with Crippen LogP contribution in [0.3, 0.4) is 0 Å². The normalized spacial score (nSPS) is 11.0. The molecule has 0 bridgehead atoms. The van der Waals surface area contributed by atoms with Crippen molar-refractivity contribution >= 4 is 24.8 Å². The van der Waals surface area contributed by atoms with Crippen molar-refractivity contribution in [3.05, 3.63) is 65.7 Å². The highest BCUT2D eigenvalue weighted by Crippen LogP contribution is 2.17. The van der Waals surface area contributed by atoms with E-state index in [0.717, 1.165) is 18.8 Å². The van der Waals surface area contributed by atoms with Crippen molar-refractivity contribution in [1.82, 2.24) is 10.6 Å². The van der Waals surface area contributed by atoms with Gasteiger partial charge in [-0.05, 0) is 18.7 Å². The predicted octanol–water partition coefficient (Wildman–Crippen LogP) is 3.59. The predicted molar refractivity (Wildman–Crippen MR) is 97.4 cm³/mol. The van der Waals surface area contributed by atoms with Gasteiger partial charge < -0.3 is 15.4 Å². The maximum atomic E-state index is 5.36. The molecule has 5 heteroatoms. The minimum Gasteiger partial charge on any atom is -0.496 e. The third-order valence-corrected chi connectivity index (χ3v) is 3.41. The van der Waals surface area contributed by atoms with Crippen LogP contribution in [0, 0.1) is 0 Å². The molecule has 2 rings (SSSR count). The number of hydrogen-bond acceptors (Lipinski definition) is 3. The number of rotatable bonds is 7. The Bertz CT molecular complexity index is 523. The Labute approximate surface area is 145 Å². The van der Waals surface area contributed by atoms with Crippen LogP contribution in [-0.2, 0) is 6.54 Å². The van der Waals surface area contributed by atoms with Crippen molar-refractivity contribution in [1.29, 1.82) is 0 Å². The number of likely N-dealkylation sites (N-methyl/N-ethyl adjacent to an activating group) is 1. The minimum atomic E-state index is 0. The van der Waals surface area contributed by atoms with Gasteiger partial charge in [0.2, 0.25) is 0 Å². The molecule has 0 aliphatic rings. The maximum Gasteiger partial charge on any atom is 0.123 e. The molecular formula is C17H24Cl2N2O. The second kappa shape index (κ2) is 11.3. The lowest BCUT2D eigenvalue weighted by molar-refractivity contribution is 0.406. The molecule has 0 radical (unpaired) electrons. The number of para-hydroxylation sites is 1. The molecule has 0 aromatic heterocycles. The molecule has 0 aliphatic carbocycles. The van der Waals surface area contributed by atoms with Gasteiger partial charge in [-0.1, -0.05) is 48.5 Å². The van der Waals surface area contributed by atoms with E-state index in [1.54, 1.807) is 7.11 Å². The zero-order chi connectivity index (χ0) is 14.2. The van der Waals surface area contributed by atoms with Gasteiger partial charge in [0.05, 0.1) is 7.11 Å². The Kier molecular flexibility index (Phi) is 10.7. The second-order valence-electron chi connectivity index (χ2n) is 4.69. The van der Waals surface area contributed by atoms with Crippen molar-refractivity contribution in [2.75, 3.05) is 20.7 Å². The molecule has 2 aromatic carbocycles. The van der Waals surface area contributed by atoms with Crippen LogP contribution in [0.5, 0.6) is 5.75 Å². The molecule has 2 N–H and O–H groups in total. The largest absolute Gasteiger partial charge is 0.496 e. The van der Waals surface area contributed by atoms with Crippen molar-refractivity contribution in [3.63, 3.8) is 0 Å². The van der Waals surface area contributed by atoms with Crippen LogP contribution in [0.15, 0.2) is 54.6 Å². The van der Waals surface area contributed by atoms with Gasteiger partial charge in [0.15, 0.2) is 0 Å². The summed E-state index contributed by atoms with van der Waals surface area (Å²) in [5.74, 6) is 0.931. The van der Waals surface area contributed by atoms with Gasteiger partial charge in [0.25, 0.3) is 0 Å². The molecule has 0 saturated carbocycles. The molecule has 0 spiro atoms. The van der Waals surface area contributed by atoms with E-state index >= 15 is 0 Å². The molecule has 3 nitrogen and oxygen atoms in total. The number of ether oxygens (including phenoxy) is 1. The molecule has 0 heterocycles. The fourth-order valence-corrected chi connectivity index (χ4v) is 2.27. The van der Waals surface area contributed by atoms with E-state index in [-0.39, 0.29) is 24.8 Å². The van der Waals surface area contributed by atoms with E-state index in [1.165, 1.54) is 11.1 Å². The summed E-state index contributed by atoms with van der Waals surface area (Å²) < 4.78 is 5.36. The molecule has 0 aliphatic heterocycles. The van der Waals surface area contributed by atoms with Crippen LogP contribution >= 0.6 is 24.8 Å². The molecule has 122 valence electrons. The van der Waals surface area contributed by atoms with Crippen LogP contribution in [-0.4, -0.2) is 20.7 Å². The Morgan fingerprint density at radius 2 is 1.59 bits per heavy atom. The van der Waals surface area contributed by atoms with Crippen LogP contribution in [0.2, 0.25) is 0 Å². The first-order valence-electron chi connectivity index (χ1n) is 6.90. The fourth-order valence-electron chi connectivity index (χ4n) is 2.27. The highest BCUT2D eigenvalue weighted by Gasteiger charge is 2.08. The van der Waals surface area contributed by atoms with Crippen LogP contribution < -0.4 is 15.4 Å². The van der Waals surface area contributed by atoms with Gasteiger partial charge in [-0.15, -0.1) is 24.8 Å². The number of methoxy groups -OCH3 is 1. The summed E-state index contributed by atoms with van der Waals surface area (Å²) in [6.07, 6.45) is 0. The zero-order valence-corrected chi connectivity index (χ0v) is 14.5. The number of halogens is 2.